The molecule has 2 aromatic rings. The van der Waals surface area contributed by atoms with Crippen LogP contribution in [-0.2, 0) is 12.4 Å². The minimum absolute atomic E-state index is 0.571. The molecule has 8 heteroatoms. The maximum Gasteiger partial charge on any atom is 0.417 e. The van der Waals surface area contributed by atoms with Gasteiger partial charge in [-0.05, 0) is 37.1 Å². The number of alkyl halides is 6. The van der Waals surface area contributed by atoms with E-state index in [1.165, 1.54) is 0 Å². The molecule has 0 amide bonds. The van der Waals surface area contributed by atoms with Crippen LogP contribution in [0.1, 0.15) is 22.3 Å². The maximum atomic E-state index is 13.3. The lowest BCUT2D eigenvalue weighted by Crippen LogP contribution is -2.14. The van der Waals surface area contributed by atoms with Crippen LogP contribution < -0.4 is 0 Å². The van der Waals surface area contributed by atoms with Crippen molar-refractivity contribution in [1.29, 1.82) is 0 Å². The van der Waals surface area contributed by atoms with Crippen LogP contribution in [0.2, 0.25) is 0 Å². The van der Waals surface area contributed by atoms with Gasteiger partial charge in [-0.2, -0.15) is 26.3 Å². The summed E-state index contributed by atoms with van der Waals surface area (Å²) in [6.07, 6.45) is -9.93. The minimum Gasteiger partial charge on any atom is -0.508 e. The molecule has 130 valence electrons. The largest absolute Gasteiger partial charge is 0.508 e. The molecule has 0 atom stereocenters. The Hall–Kier alpha value is -2.38. The van der Waals surface area contributed by atoms with E-state index < -0.39 is 57.2 Å². The second-order valence-electron chi connectivity index (χ2n) is 5.26. The van der Waals surface area contributed by atoms with E-state index in [1.54, 1.807) is 0 Å². The highest BCUT2D eigenvalue weighted by Crippen LogP contribution is 2.47. The highest BCUT2D eigenvalue weighted by atomic mass is 19.4. The lowest BCUT2D eigenvalue weighted by molar-refractivity contribution is -0.140. The molecule has 0 spiro atoms. The molecular formula is C16H12F6O2. The Balaban J connectivity index is 2.94. The topological polar surface area (TPSA) is 40.5 Å². The van der Waals surface area contributed by atoms with Crippen LogP contribution >= 0.6 is 0 Å². The Morgan fingerprint density at radius 2 is 0.917 bits per heavy atom. The summed E-state index contributed by atoms with van der Waals surface area (Å²) >= 11 is 0. The molecule has 0 aliphatic carbocycles. The molecule has 2 aromatic carbocycles. The van der Waals surface area contributed by atoms with Gasteiger partial charge in [0.2, 0.25) is 0 Å². The highest BCUT2D eigenvalue weighted by Gasteiger charge is 2.41. The molecule has 24 heavy (non-hydrogen) atoms. The number of halogens is 6. The van der Waals surface area contributed by atoms with Crippen molar-refractivity contribution in [1.82, 2.24) is 0 Å². The van der Waals surface area contributed by atoms with Crippen LogP contribution in [0.25, 0.3) is 11.1 Å². The van der Waals surface area contributed by atoms with Crippen molar-refractivity contribution in [3.63, 3.8) is 0 Å². The lowest BCUT2D eigenvalue weighted by atomic mass is 9.89. The quantitative estimate of drug-likeness (QED) is 0.674. The standard InChI is InChI=1S/C16H12F6O2/c1-7-11(23)5-3-9(13(7)15(17,18)19)10-4-6-12(24)8(2)14(10)16(20,21)22/h3-6,23-24H,1-2H3. The van der Waals surface area contributed by atoms with Gasteiger partial charge in [0.05, 0.1) is 11.1 Å². The number of phenolic OH excluding ortho intramolecular Hbond substituents is 2. The molecular weight excluding hydrogens is 338 g/mol. The van der Waals surface area contributed by atoms with Gasteiger partial charge in [-0.25, -0.2) is 0 Å². The first kappa shape index (κ1) is 18.0. The fourth-order valence-corrected chi connectivity index (χ4v) is 2.58. The van der Waals surface area contributed by atoms with Crippen molar-refractivity contribution in [2.24, 2.45) is 0 Å². The second-order valence-corrected chi connectivity index (χ2v) is 5.26. The number of hydrogen-bond donors (Lipinski definition) is 2. The molecule has 0 fully saturated rings. The van der Waals surface area contributed by atoms with E-state index in [2.05, 4.69) is 0 Å². The molecule has 0 aromatic heterocycles. The van der Waals surface area contributed by atoms with Gasteiger partial charge >= 0.3 is 12.4 Å². The van der Waals surface area contributed by atoms with E-state index in [4.69, 9.17) is 0 Å². The zero-order chi connectivity index (χ0) is 18.4. The second kappa shape index (κ2) is 5.61. The molecule has 0 aliphatic rings. The molecule has 0 unspecified atom stereocenters. The Labute approximate surface area is 133 Å². The summed E-state index contributed by atoms with van der Waals surface area (Å²) in [6.45, 7) is 1.95. The third-order valence-electron chi connectivity index (χ3n) is 3.73. The third-order valence-corrected chi connectivity index (χ3v) is 3.73. The van der Waals surface area contributed by atoms with Crippen LogP contribution in [0.5, 0.6) is 11.5 Å². The van der Waals surface area contributed by atoms with Gasteiger partial charge in [0.1, 0.15) is 11.5 Å². The van der Waals surface area contributed by atoms with Crippen LogP contribution in [0.15, 0.2) is 24.3 Å². The van der Waals surface area contributed by atoms with Crippen molar-refractivity contribution >= 4 is 0 Å². The average molecular weight is 350 g/mol. The minimum atomic E-state index is -4.97. The molecule has 0 saturated carbocycles. The summed E-state index contributed by atoms with van der Waals surface area (Å²) < 4.78 is 80.0. The van der Waals surface area contributed by atoms with Crippen molar-refractivity contribution < 1.29 is 36.6 Å². The van der Waals surface area contributed by atoms with E-state index in [0.29, 0.717) is 0 Å². The average Bonchev–Trinajstić information content (AvgIpc) is 2.41. The maximum absolute atomic E-state index is 13.3. The summed E-state index contributed by atoms with van der Waals surface area (Å²) in [6, 6.07) is 3.38. The fourth-order valence-electron chi connectivity index (χ4n) is 2.58. The third kappa shape index (κ3) is 3.00. The number of benzene rings is 2. The van der Waals surface area contributed by atoms with Gasteiger partial charge in [0.25, 0.3) is 0 Å². The van der Waals surface area contributed by atoms with Gasteiger partial charge in [0, 0.05) is 11.1 Å². The summed E-state index contributed by atoms with van der Waals surface area (Å²) in [5.41, 5.74) is -5.27. The van der Waals surface area contributed by atoms with Crippen molar-refractivity contribution in [3.05, 3.63) is 46.5 Å². The Bertz CT molecular complexity index is 723. The number of phenols is 2. The van der Waals surface area contributed by atoms with E-state index in [-0.39, 0.29) is 0 Å². The first-order chi connectivity index (χ1) is 10.9. The van der Waals surface area contributed by atoms with Crippen LogP contribution in [0.3, 0.4) is 0 Å². The number of hydrogen-bond acceptors (Lipinski definition) is 2. The summed E-state index contributed by atoms with van der Waals surface area (Å²) in [5.74, 6) is -1.34. The van der Waals surface area contributed by atoms with Gasteiger partial charge < -0.3 is 10.2 Å². The summed E-state index contributed by atoms with van der Waals surface area (Å²) in [5, 5.41) is 19.0. The van der Waals surface area contributed by atoms with Gasteiger partial charge in [-0.3, -0.25) is 0 Å². The highest BCUT2D eigenvalue weighted by molar-refractivity contribution is 5.76. The first-order valence-corrected chi connectivity index (χ1v) is 6.65. The summed E-state index contributed by atoms with van der Waals surface area (Å²) in [7, 11) is 0. The monoisotopic (exact) mass is 350 g/mol. The Kier molecular flexibility index (Phi) is 4.20. The Morgan fingerprint density at radius 3 is 1.17 bits per heavy atom. The van der Waals surface area contributed by atoms with Crippen LogP contribution in [0.4, 0.5) is 26.3 Å². The summed E-state index contributed by atoms with van der Waals surface area (Å²) in [4.78, 5) is 0. The smallest absolute Gasteiger partial charge is 0.417 e. The van der Waals surface area contributed by atoms with Gasteiger partial charge in [0.15, 0.2) is 0 Å². The molecule has 0 radical (unpaired) electrons. The SMILES string of the molecule is Cc1c(O)ccc(-c2ccc(O)c(C)c2C(F)(F)F)c1C(F)(F)F. The van der Waals surface area contributed by atoms with Crippen molar-refractivity contribution in [2.75, 3.05) is 0 Å². The van der Waals surface area contributed by atoms with Gasteiger partial charge in [-0.15, -0.1) is 0 Å². The van der Waals surface area contributed by atoms with E-state index in [0.717, 1.165) is 38.1 Å². The molecule has 0 saturated heterocycles. The predicted octanol–water partition coefficient (Wildman–Crippen LogP) is 5.42. The van der Waals surface area contributed by atoms with Crippen LogP contribution in [0, 0.1) is 13.8 Å². The van der Waals surface area contributed by atoms with Crippen LogP contribution in [-0.4, -0.2) is 10.2 Å². The molecule has 2 nitrogen and oxygen atoms in total. The number of rotatable bonds is 1. The fraction of sp³-hybridized carbons (Fsp3) is 0.250. The zero-order valence-corrected chi connectivity index (χ0v) is 12.5. The molecule has 2 N–H and O–H groups in total. The van der Waals surface area contributed by atoms with E-state index in [9.17, 15) is 36.6 Å². The number of aromatic hydroxyl groups is 2. The molecule has 0 heterocycles. The predicted molar refractivity (Wildman–Crippen MR) is 74.7 cm³/mol. The van der Waals surface area contributed by atoms with Crippen molar-refractivity contribution in [3.8, 4) is 22.6 Å². The normalized spacial score (nSPS) is 12.5. The molecule has 0 bridgehead atoms. The zero-order valence-electron chi connectivity index (χ0n) is 12.5. The molecule has 0 aliphatic heterocycles. The first-order valence-electron chi connectivity index (χ1n) is 6.65. The van der Waals surface area contributed by atoms with E-state index >= 15 is 0 Å². The van der Waals surface area contributed by atoms with Crippen molar-refractivity contribution in [2.45, 2.75) is 26.2 Å². The molecule has 2 rings (SSSR count). The Morgan fingerprint density at radius 1 is 0.625 bits per heavy atom. The van der Waals surface area contributed by atoms with Gasteiger partial charge in [-0.1, -0.05) is 12.1 Å². The lowest BCUT2D eigenvalue weighted by Gasteiger charge is -2.21. The van der Waals surface area contributed by atoms with E-state index in [1.807, 2.05) is 0 Å².